The molecule has 1 heterocycles. The maximum atomic E-state index is 11.5. The average molecular weight is 297 g/mol. The molecule has 3 unspecified atom stereocenters. The molecular formula is C14H19NO4S. The summed E-state index contributed by atoms with van der Waals surface area (Å²) >= 11 is 0. The highest BCUT2D eigenvalue weighted by atomic mass is 32.2. The van der Waals surface area contributed by atoms with E-state index in [-0.39, 0.29) is 17.5 Å². The Morgan fingerprint density at radius 2 is 2.10 bits per heavy atom. The molecule has 1 aliphatic heterocycles. The first kappa shape index (κ1) is 13.9. The Hall–Kier alpha value is -1.11. The molecule has 0 saturated carbocycles. The SMILES string of the molecule is NC1CCCc2c(OC3CS(=O)(=O)CC3O)cccc21. The summed E-state index contributed by atoms with van der Waals surface area (Å²) in [6, 6.07) is 5.71. The summed E-state index contributed by atoms with van der Waals surface area (Å²) < 4.78 is 28.8. The largest absolute Gasteiger partial charge is 0.486 e. The number of rotatable bonds is 2. The van der Waals surface area contributed by atoms with Crippen LogP contribution in [0.3, 0.4) is 0 Å². The Labute approximate surface area is 118 Å². The van der Waals surface area contributed by atoms with Crippen LogP contribution in [-0.4, -0.2) is 37.2 Å². The van der Waals surface area contributed by atoms with Gasteiger partial charge in [-0.05, 0) is 36.5 Å². The van der Waals surface area contributed by atoms with Gasteiger partial charge in [0.2, 0.25) is 0 Å². The van der Waals surface area contributed by atoms with Crippen molar-refractivity contribution >= 4 is 9.84 Å². The van der Waals surface area contributed by atoms with Gasteiger partial charge in [0.05, 0.1) is 11.5 Å². The Morgan fingerprint density at radius 1 is 1.30 bits per heavy atom. The fourth-order valence-electron chi connectivity index (χ4n) is 3.03. The number of benzene rings is 1. The molecule has 1 aromatic carbocycles. The summed E-state index contributed by atoms with van der Waals surface area (Å²) in [5.74, 6) is 0.328. The van der Waals surface area contributed by atoms with Crippen LogP contribution in [0.25, 0.3) is 0 Å². The average Bonchev–Trinajstić information content (AvgIpc) is 2.63. The highest BCUT2D eigenvalue weighted by Crippen LogP contribution is 2.35. The van der Waals surface area contributed by atoms with Crippen molar-refractivity contribution in [3.8, 4) is 5.75 Å². The molecule has 1 saturated heterocycles. The molecule has 1 fully saturated rings. The molecule has 6 heteroatoms. The second-order valence-corrected chi connectivity index (χ2v) is 7.78. The van der Waals surface area contributed by atoms with Gasteiger partial charge in [-0.2, -0.15) is 0 Å². The van der Waals surface area contributed by atoms with Crippen molar-refractivity contribution < 1.29 is 18.3 Å². The quantitative estimate of drug-likeness (QED) is 0.832. The van der Waals surface area contributed by atoms with Gasteiger partial charge in [-0.25, -0.2) is 8.42 Å². The zero-order valence-electron chi connectivity index (χ0n) is 11.2. The van der Waals surface area contributed by atoms with Gasteiger partial charge < -0.3 is 15.6 Å². The molecule has 0 spiro atoms. The summed E-state index contributed by atoms with van der Waals surface area (Å²) in [5, 5.41) is 9.81. The van der Waals surface area contributed by atoms with E-state index >= 15 is 0 Å². The molecule has 110 valence electrons. The van der Waals surface area contributed by atoms with Gasteiger partial charge in [-0.3, -0.25) is 0 Å². The van der Waals surface area contributed by atoms with Crippen LogP contribution in [0.15, 0.2) is 18.2 Å². The third-order valence-electron chi connectivity index (χ3n) is 4.06. The van der Waals surface area contributed by atoms with E-state index in [1.165, 1.54) is 0 Å². The topological polar surface area (TPSA) is 89.6 Å². The molecule has 3 N–H and O–H groups in total. The number of sulfone groups is 1. The third-order valence-corrected chi connectivity index (χ3v) is 5.75. The molecule has 1 aromatic rings. The van der Waals surface area contributed by atoms with Crippen LogP contribution in [-0.2, 0) is 16.3 Å². The zero-order chi connectivity index (χ0) is 14.3. The van der Waals surface area contributed by atoms with Gasteiger partial charge in [0, 0.05) is 6.04 Å². The lowest BCUT2D eigenvalue weighted by molar-refractivity contribution is 0.0729. The van der Waals surface area contributed by atoms with Crippen molar-refractivity contribution in [2.24, 2.45) is 5.73 Å². The normalized spacial score (nSPS) is 31.8. The number of hydrogen-bond donors (Lipinski definition) is 2. The van der Waals surface area contributed by atoms with Gasteiger partial charge >= 0.3 is 0 Å². The van der Waals surface area contributed by atoms with Crippen LogP contribution in [0.1, 0.15) is 30.0 Å². The third kappa shape index (κ3) is 2.55. The first-order valence-electron chi connectivity index (χ1n) is 6.89. The Kier molecular flexibility index (Phi) is 3.48. The van der Waals surface area contributed by atoms with E-state index in [0.717, 1.165) is 30.4 Å². The highest BCUT2D eigenvalue weighted by Gasteiger charge is 2.38. The molecule has 0 aromatic heterocycles. The predicted molar refractivity (Wildman–Crippen MR) is 75.4 cm³/mol. The van der Waals surface area contributed by atoms with Crippen molar-refractivity contribution in [3.05, 3.63) is 29.3 Å². The first-order chi connectivity index (χ1) is 9.46. The molecule has 2 aliphatic rings. The summed E-state index contributed by atoms with van der Waals surface area (Å²) in [4.78, 5) is 0. The number of nitrogens with two attached hydrogens (primary N) is 1. The standard InChI is InChI=1S/C14H19NO4S/c15-11-5-1-4-10-9(11)3-2-6-13(10)19-14-8-20(17,18)7-12(14)16/h2-3,6,11-12,14,16H,1,4-5,7-8,15H2. The number of aliphatic hydroxyl groups excluding tert-OH is 1. The molecule has 0 bridgehead atoms. The predicted octanol–water partition coefficient (Wildman–Crippen LogP) is 0.559. The van der Waals surface area contributed by atoms with Crippen molar-refractivity contribution in [1.29, 1.82) is 0 Å². The van der Waals surface area contributed by atoms with Crippen LogP contribution in [0.4, 0.5) is 0 Å². The van der Waals surface area contributed by atoms with E-state index in [4.69, 9.17) is 10.5 Å². The number of hydrogen-bond acceptors (Lipinski definition) is 5. The lowest BCUT2D eigenvalue weighted by atomic mass is 9.87. The highest BCUT2D eigenvalue weighted by molar-refractivity contribution is 7.91. The fraction of sp³-hybridized carbons (Fsp3) is 0.571. The molecule has 20 heavy (non-hydrogen) atoms. The van der Waals surface area contributed by atoms with E-state index in [0.29, 0.717) is 5.75 Å². The lowest BCUT2D eigenvalue weighted by Crippen LogP contribution is -2.30. The summed E-state index contributed by atoms with van der Waals surface area (Å²) in [6.07, 6.45) is 1.21. The molecule has 3 atom stereocenters. The van der Waals surface area contributed by atoms with Crippen LogP contribution in [0.2, 0.25) is 0 Å². The van der Waals surface area contributed by atoms with E-state index in [2.05, 4.69) is 0 Å². The maximum Gasteiger partial charge on any atom is 0.156 e. The second-order valence-electron chi connectivity index (χ2n) is 5.62. The van der Waals surface area contributed by atoms with Crippen LogP contribution in [0, 0.1) is 0 Å². The Balaban J connectivity index is 1.87. The number of ether oxygens (including phenoxy) is 1. The van der Waals surface area contributed by atoms with Gasteiger partial charge in [0.25, 0.3) is 0 Å². The van der Waals surface area contributed by atoms with Crippen LogP contribution >= 0.6 is 0 Å². The van der Waals surface area contributed by atoms with Gasteiger partial charge in [-0.15, -0.1) is 0 Å². The van der Waals surface area contributed by atoms with Crippen LogP contribution in [0.5, 0.6) is 5.75 Å². The minimum atomic E-state index is -3.20. The molecule has 5 nitrogen and oxygen atoms in total. The van der Waals surface area contributed by atoms with Crippen molar-refractivity contribution in [3.63, 3.8) is 0 Å². The Morgan fingerprint density at radius 3 is 2.80 bits per heavy atom. The molecule has 0 amide bonds. The minimum absolute atomic E-state index is 0.0135. The van der Waals surface area contributed by atoms with Crippen molar-refractivity contribution in [2.75, 3.05) is 11.5 Å². The molecule has 3 rings (SSSR count). The van der Waals surface area contributed by atoms with E-state index in [1.807, 2.05) is 18.2 Å². The molecular weight excluding hydrogens is 278 g/mol. The zero-order valence-corrected chi connectivity index (χ0v) is 12.0. The molecule has 0 radical (unpaired) electrons. The second kappa shape index (κ2) is 5.02. The monoisotopic (exact) mass is 297 g/mol. The molecule has 1 aliphatic carbocycles. The van der Waals surface area contributed by atoms with Crippen LogP contribution < -0.4 is 10.5 Å². The summed E-state index contributed by atoms with van der Waals surface area (Å²) in [6.45, 7) is 0. The Bertz CT molecular complexity index is 614. The van der Waals surface area contributed by atoms with Crippen molar-refractivity contribution in [2.45, 2.75) is 37.5 Å². The van der Waals surface area contributed by atoms with Gasteiger partial charge in [-0.1, -0.05) is 12.1 Å². The van der Waals surface area contributed by atoms with E-state index < -0.39 is 22.0 Å². The minimum Gasteiger partial charge on any atom is -0.486 e. The van der Waals surface area contributed by atoms with Gasteiger partial charge in [0.1, 0.15) is 18.0 Å². The smallest absolute Gasteiger partial charge is 0.156 e. The number of fused-ring (bicyclic) bond motifs is 1. The summed E-state index contributed by atoms with van der Waals surface area (Å²) in [5.41, 5.74) is 8.22. The lowest BCUT2D eigenvalue weighted by Gasteiger charge is -2.26. The first-order valence-corrected chi connectivity index (χ1v) is 8.71. The van der Waals surface area contributed by atoms with E-state index in [9.17, 15) is 13.5 Å². The maximum absolute atomic E-state index is 11.5. The van der Waals surface area contributed by atoms with Crippen molar-refractivity contribution in [1.82, 2.24) is 0 Å². The fourth-order valence-corrected chi connectivity index (χ4v) is 4.70. The van der Waals surface area contributed by atoms with E-state index in [1.54, 1.807) is 0 Å². The number of aliphatic hydroxyl groups is 1. The van der Waals surface area contributed by atoms with Gasteiger partial charge in [0.15, 0.2) is 9.84 Å². The summed E-state index contributed by atoms with van der Waals surface area (Å²) in [7, 11) is -3.20.